The summed E-state index contributed by atoms with van der Waals surface area (Å²) in [5.41, 5.74) is 2.37. The highest BCUT2D eigenvalue weighted by molar-refractivity contribution is 5.39. The van der Waals surface area contributed by atoms with E-state index in [1.165, 1.54) is 5.56 Å². The molecule has 3 heteroatoms. The quantitative estimate of drug-likeness (QED) is 0.751. The van der Waals surface area contributed by atoms with Crippen molar-refractivity contribution in [1.82, 2.24) is 10.3 Å². The molecule has 0 aromatic carbocycles. The van der Waals surface area contributed by atoms with Gasteiger partial charge in [-0.1, -0.05) is 32.1 Å². The molecule has 1 rings (SSSR count). The Hall–Kier alpha value is -1.35. The predicted octanol–water partition coefficient (Wildman–Crippen LogP) is 2.84. The number of nitrogens with one attached hydrogen (secondary N) is 1. The average molecular weight is 247 g/mol. The number of rotatable bonds is 7. The first-order valence-electron chi connectivity index (χ1n) is 6.50. The summed E-state index contributed by atoms with van der Waals surface area (Å²) in [7, 11) is 2.04. The first kappa shape index (κ1) is 14.7. The van der Waals surface area contributed by atoms with Crippen molar-refractivity contribution in [3.63, 3.8) is 0 Å². The molecule has 18 heavy (non-hydrogen) atoms. The van der Waals surface area contributed by atoms with Crippen LogP contribution in [0.2, 0.25) is 0 Å². The van der Waals surface area contributed by atoms with Gasteiger partial charge in [-0.2, -0.15) is 0 Å². The van der Waals surface area contributed by atoms with Crippen molar-refractivity contribution in [2.75, 3.05) is 25.0 Å². The van der Waals surface area contributed by atoms with Crippen LogP contribution in [0.4, 0.5) is 5.82 Å². The van der Waals surface area contributed by atoms with Gasteiger partial charge in [0.1, 0.15) is 5.82 Å². The Morgan fingerprint density at radius 3 is 2.67 bits per heavy atom. The molecule has 3 nitrogen and oxygen atoms in total. The Morgan fingerprint density at radius 1 is 1.44 bits per heavy atom. The molecule has 0 aliphatic rings. The summed E-state index contributed by atoms with van der Waals surface area (Å²) in [5, 5.41) is 3.41. The molecule has 1 N–H and O–H groups in total. The van der Waals surface area contributed by atoms with Crippen molar-refractivity contribution in [1.29, 1.82) is 0 Å². The van der Waals surface area contributed by atoms with Gasteiger partial charge in [0.15, 0.2) is 0 Å². The van der Waals surface area contributed by atoms with Gasteiger partial charge < -0.3 is 10.2 Å². The molecule has 0 radical (unpaired) electrons. The van der Waals surface area contributed by atoms with Crippen LogP contribution in [-0.2, 0) is 6.54 Å². The Morgan fingerprint density at radius 2 is 2.17 bits per heavy atom. The second-order valence-electron chi connectivity index (χ2n) is 5.36. The van der Waals surface area contributed by atoms with Crippen molar-refractivity contribution in [2.24, 2.45) is 5.92 Å². The van der Waals surface area contributed by atoms with E-state index in [1.807, 2.05) is 20.2 Å². The van der Waals surface area contributed by atoms with Crippen LogP contribution in [0.3, 0.4) is 0 Å². The van der Waals surface area contributed by atoms with Gasteiger partial charge in [0, 0.05) is 26.3 Å². The monoisotopic (exact) mass is 247 g/mol. The van der Waals surface area contributed by atoms with Gasteiger partial charge in [0.2, 0.25) is 0 Å². The van der Waals surface area contributed by atoms with Gasteiger partial charge in [-0.3, -0.25) is 0 Å². The van der Waals surface area contributed by atoms with Crippen molar-refractivity contribution in [3.8, 4) is 0 Å². The fourth-order valence-corrected chi connectivity index (χ4v) is 1.74. The summed E-state index contributed by atoms with van der Waals surface area (Å²) in [6.45, 7) is 13.1. The SMILES string of the molecule is C=C(C)CN(C)c1ccc(CNCC(C)C)cn1. The maximum atomic E-state index is 4.47. The van der Waals surface area contributed by atoms with Gasteiger partial charge in [-0.25, -0.2) is 4.98 Å². The van der Waals surface area contributed by atoms with Crippen molar-refractivity contribution in [2.45, 2.75) is 27.3 Å². The highest BCUT2D eigenvalue weighted by Gasteiger charge is 2.02. The smallest absolute Gasteiger partial charge is 0.128 e. The molecule has 0 aliphatic carbocycles. The molecule has 1 aromatic rings. The van der Waals surface area contributed by atoms with Crippen LogP contribution in [0.1, 0.15) is 26.3 Å². The highest BCUT2D eigenvalue weighted by atomic mass is 15.2. The topological polar surface area (TPSA) is 28.2 Å². The minimum absolute atomic E-state index is 0.680. The Bertz CT molecular complexity index is 368. The molecule has 0 saturated heterocycles. The van der Waals surface area contributed by atoms with Gasteiger partial charge in [0.25, 0.3) is 0 Å². The minimum atomic E-state index is 0.680. The first-order chi connectivity index (χ1) is 8.49. The van der Waals surface area contributed by atoms with Crippen LogP contribution < -0.4 is 10.2 Å². The van der Waals surface area contributed by atoms with Crippen LogP contribution in [-0.4, -0.2) is 25.1 Å². The number of likely N-dealkylation sites (N-methyl/N-ethyl adjacent to an activating group) is 1. The summed E-state index contributed by atoms with van der Waals surface area (Å²) < 4.78 is 0. The third-order valence-corrected chi connectivity index (χ3v) is 2.59. The number of aromatic nitrogens is 1. The Kier molecular flexibility index (Phi) is 5.86. The third-order valence-electron chi connectivity index (χ3n) is 2.59. The lowest BCUT2D eigenvalue weighted by atomic mass is 10.2. The van der Waals surface area contributed by atoms with Gasteiger partial charge in [-0.15, -0.1) is 0 Å². The summed E-state index contributed by atoms with van der Waals surface area (Å²) in [4.78, 5) is 6.58. The van der Waals surface area contributed by atoms with E-state index in [0.29, 0.717) is 5.92 Å². The van der Waals surface area contributed by atoms with E-state index in [4.69, 9.17) is 0 Å². The highest BCUT2D eigenvalue weighted by Crippen LogP contribution is 2.10. The first-order valence-corrected chi connectivity index (χ1v) is 6.50. The zero-order chi connectivity index (χ0) is 13.5. The molecule has 0 unspecified atom stereocenters. The van der Waals surface area contributed by atoms with Crippen LogP contribution in [0.15, 0.2) is 30.5 Å². The zero-order valence-corrected chi connectivity index (χ0v) is 12.0. The molecule has 1 aromatic heterocycles. The van der Waals surface area contributed by atoms with Gasteiger partial charge in [-0.05, 0) is 31.0 Å². The molecular weight excluding hydrogens is 222 g/mol. The fraction of sp³-hybridized carbons (Fsp3) is 0.533. The number of pyridine rings is 1. The van der Waals surface area contributed by atoms with E-state index in [9.17, 15) is 0 Å². The molecule has 0 amide bonds. The van der Waals surface area contributed by atoms with E-state index < -0.39 is 0 Å². The van der Waals surface area contributed by atoms with Crippen LogP contribution >= 0.6 is 0 Å². The summed E-state index contributed by atoms with van der Waals surface area (Å²) in [6, 6.07) is 4.19. The summed E-state index contributed by atoms with van der Waals surface area (Å²) >= 11 is 0. The van der Waals surface area contributed by atoms with E-state index in [2.05, 4.69) is 47.8 Å². The van der Waals surface area contributed by atoms with Crippen LogP contribution in [0.5, 0.6) is 0 Å². The number of anilines is 1. The second kappa shape index (κ2) is 7.17. The molecule has 1 heterocycles. The lowest BCUT2D eigenvalue weighted by Crippen LogP contribution is -2.21. The van der Waals surface area contributed by atoms with E-state index in [1.54, 1.807) is 0 Å². The number of hydrogen-bond donors (Lipinski definition) is 1. The Labute approximate surface area is 111 Å². The average Bonchev–Trinajstić information content (AvgIpc) is 2.28. The lowest BCUT2D eigenvalue weighted by Gasteiger charge is -2.18. The zero-order valence-electron chi connectivity index (χ0n) is 12.0. The second-order valence-corrected chi connectivity index (χ2v) is 5.36. The van der Waals surface area contributed by atoms with E-state index in [-0.39, 0.29) is 0 Å². The molecule has 0 bridgehead atoms. The lowest BCUT2D eigenvalue weighted by molar-refractivity contribution is 0.552. The molecule has 100 valence electrons. The predicted molar refractivity (Wildman–Crippen MR) is 78.9 cm³/mol. The molecule has 0 saturated carbocycles. The van der Waals surface area contributed by atoms with Crippen molar-refractivity contribution >= 4 is 5.82 Å². The van der Waals surface area contributed by atoms with Crippen molar-refractivity contribution < 1.29 is 0 Å². The largest absolute Gasteiger partial charge is 0.356 e. The van der Waals surface area contributed by atoms with Gasteiger partial charge >= 0.3 is 0 Å². The third kappa shape index (κ3) is 5.32. The normalized spacial score (nSPS) is 10.7. The minimum Gasteiger partial charge on any atom is -0.356 e. The maximum Gasteiger partial charge on any atom is 0.128 e. The molecule has 0 atom stereocenters. The van der Waals surface area contributed by atoms with E-state index in [0.717, 1.165) is 31.0 Å². The summed E-state index contributed by atoms with van der Waals surface area (Å²) in [5.74, 6) is 1.67. The number of hydrogen-bond acceptors (Lipinski definition) is 3. The molecular formula is C15H25N3. The molecule has 0 aliphatic heterocycles. The summed E-state index contributed by atoms with van der Waals surface area (Å²) in [6.07, 6.45) is 1.94. The van der Waals surface area contributed by atoms with Crippen LogP contribution in [0.25, 0.3) is 0 Å². The van der Waals surface area contributed by atoms with E-state index >= 15 is 0 Å². The molecule has 0 fully saturated rings. The fourth-order valence-electron chi connectivity index (χ4n) is 1.74. The molecule has 0 spiro atoms. The van der Waals surface area contributed by atoms with Gasteiger partial charge in [0.05, 0.1) is 0 Å². The van der Waals surface area contributed by atoms with Crippen molar-refractivity contribution in [3.05, 3.63) is 36.0 Å². The standard InChI is InChI=1S/C15H25N3/c1-12(2)8-16-9-14-6-7-15(17-10-14)18(5)11-13(3)4/h6-7,10,12,16H,3,8-9,11H2,1-2,4-5H3. The number of nitrogens with zero attached hydrogens (tertiary/aromatic N) is 2. The Balaban J connectivity index is 2.49. The maximum absolute atomic E-state index is 4.47. The van der Waals surface area contributed by atoms with Crippen LogP contribution in [0, 0.1) is 5.92 Å².